The fourth-order valence-corrected chi connectivity index (χ4v) is 3.84. The van der Waals surface area contributed by atoms with Gasteiger partial charge in [0.2, 0.25) is 0 Å². The van der Waals surface area contributed by atoms with Crippen molar-refractivity contribution in [1.82, 2.24) is 10.2 Å². The summed E-state index contributed by atoms with van der Waals surface area (Å²) in [5.41, 5.74) is 2.85. The number of rotatable bonds is 3. The van der Waals surface area contributed by atoms with E-state index in [0.717, 1.165) is 31.9 Å². The van der Waals surface area contributed by atoms with E-state index in [1.165, 1.54) is 17.5 Å². The number of nitrogens with one attached hydrogen (secondary N) is 1. The molecular weight excluding hydrogens is 264 g/mol. The Kier molecular flexibility index (Phi) is 4.48. The van der Waals surface area contributed by atoms with Crippen LogP contribution in [0.2, 0.25) is 0 Å². The van der Waals surface area contributed by atoms with Gasteiger partial charge < -0.3 is 14.8 Å². The molecular formula is C17H26N2O2. The molecule has 4 heteroatoms. The maximum absolute atomic E-state index is 5.59. The van der Waals surface area contributed by atoms with Crippen LogP contribution in [0, 0.1) is 0 Å². The zero-order valence-corrected chi connectivity index (χ0v) is 13.3. The highest BCUT2D eigenvalue weighted by atomic mass is 16.5. The summed E-state index contributed by atoms with van der Waals surface area (Å²) >= 11 is 0. The van der Waals surface area contributed by atoms with Gasteiger partial charge in [0, 0.05) is 24.7 Å². The quantitative estimate of drug-likeness (QED) is 0.923. The van der Waals surface area contributed by atoms with E-state index in [-0.39, 0.29) is 0 Å². The van der Waals surface area contributed by atoms with E-state index in [4.69, 9.17) is 9.47 Å². The first-order valence-corrected chi connectivity index (χ1v) is 7.92. The SMILES string of the molecule is CNC1c2ccc(OC)cc2CCC1N1CCOCC1C. The smallest absolute Gasteiger partial charge is 0.119 e. The lowest BCUT2D eigenvalue weighted by atomic mass is 9.82. The molecule has 3 rings (SSSR count). The van der Waals surface area contributed by atoms with Gasteiger partial charge in [0.05, 0.1) is 20.3 Å². The molecule has 3 atom stereocenters. The second-order valence-corrected chi connectivity index (χ2v) is 6.10. The molecule has 0 saturated carbocycles. The van der Waals surface area contributed by atoms with Crippen LogP contribution in [0.5, 0.6) is 5.75 Å². The Morgan fingerprint density at radius 2 is 2.24 bits per heavy atom. The third-order valence-corrected chi connectivity index (χ3v) is 4.94. The number of morpholine rings is 1. The van der Waals surface area contributed by atoms with E-state index in [9.17, 15) is 0 Å². The number of hydrogen-bond donors (Lipinski definition) is 1. The van der Waals surface area contributed by atoms with Gasteiger partial charge >= 0.3 is 0 Å². The summed E-state index contributed by atoms with van der Waals surface area (Å²) in [6.45, 7) is 5.01. The van der Waals surface area contributed by atoms with Gasteiger partial charge in [-0.05, 0) is 50.1 Å². The van der Waals surface area contributed by atoms with Gasteiger partial charge in [-0.25, -0.2) is 0 Å². The first-order chi connectivity index (χ1) is 10.2. The fourth-order valence-electron chi connectivity index (χ4n) is 3.84. The Balaban J connectivity index is 1.87. The van der Waals surface area contributed by atoms with Gasteiger partial charge in [0.15, 0.2) is 0 Å². The van der Waals surface area contributed by atoms with Crippen molar-refractivity contribution >= 4 is 0 Å². The van der Waals surface area contributed by atoms with Crippen molar-refractivity contribution in [3.8, 4) is 5.75 Å². The summed E-state index contributed by atoms with van der Waals surface area (Å²) in [5.74, 6) is 0.960. The van der Waals surface area contributed by atoms with E-state index in [2.05, 4.69) is 42.4 Å². The zero-order valence-electron chi connectivity index (χ0n) is 13.3. The first kappa shape index (κ1) is 14.8. The molecule has 1 saturated heterocycles. The largest absolute Gasteiger partial charge is 0.497 e. The summed E-state index contributed by atoms with van der Waals surface area (Å²) < 4.78 is 11.0. The highest BCUT2D eigenvalue weighted by Gasteiger charge is 2.35. The molecule has 0 spiro atoms. The lowest BCUT2D eigenvalue weighted by Gasteiger charge is -2.45. The molecule has 3 unspecified atom stereocenters. The van der Waals surface area contributed by atoms with Crippen molar-refractivity contribution in [1.29, 1.82) is 0 Å². The number of methoxy groups -OCH3 is 1. The number of ether oxygens (including phenoxy) is 2. The Morgan fingerprint density at radius 3 is 2.95 bits per heavy atom. The molecule has 0 amide bonds. The van der Waals surface area contributed by atoms with Crippen LogP contribution in [-0.2, 0) is 11.2 Å². The Bertz CT molecular complexity index is 492. The highest BCUT2D eigenvalue weighted by molar-refractivity contribution is 5.40. The van der Waals surface area contributed by atoms with E-state index >= 15 is 0 Å². The molecule has 1 fully saturated rings. The molecule has 1 aliphatic heterocycles. The summed E-state index contributed by atoms with van der Waals surface area (Å²) in [5, 5.41) is 3.54. The van der Waals surface area contributed by atoms with Crippen LogP contribution < -0.4 is 10.1 Å². The third kappa shape index (κ3) is 2.80. The van der Waals surface area contributed by atoms with Crippen LogP contribution in [-0.4, -0.2) is 50.9 Å². The molecule has 116 valence electrons. The number of nitrogens with zero attached hydrogens (tertiary/aromatic N) is 1. The van der Waals surface area contributed by atoms with Crippen molar-refractivity contribution < 1.29 is 9.47 Å². The number of hydrogen-bond acceptors (Lipinski definition) is 4. The predicted molar refractivity (Wildman–Crippen MR) is 83.9 cm³/mol. The fraction of sp³-hybridized carbons (Fsp3) is 0.647. The van der Waals surface area contributed by atoms with Crippen molar-refractivity contribution in [3.63, 3.8) is 0 Å². The molecule has 2 aliphatic rings. The molecule has 1 heterocycles. The lowest BCUT2D eigenvalue weighted by molar-refractivity contribution is -0.0329. The Labute approximate surface area is 127 Å². The summed E-state index contributed by atoms with van der Waals surface area (Å²) in [6, 6.07) is 7.94. The number of fused-ring (bicyclic) bond motifs is 1. The standard InChI is InChI=1S/C17H26N2O2/c1-12-11-21-9-8-19(12)16-7-4-13-10-14(20-3)5-6-15(13)17(16)18-2/h5-6,10,12,16-18H,4,7-9,11H2,1-3H3. The number of benzene rings is 1. The monoisotopic (exact) mass is 290 g/mol. The molecule has 1 aliphatic carbocycles. The van der Waals surface area contributed by atoms with Gasteiger partial charge in [-0.1, -0.05) is 6.07 Å². The van der Waals surface area contributed by atoms with Gasteiger partial charge in [-0.3, -0.25) is 4.90 Å². The second-order valence-electron chi connectivity index (χ2n) is 6.10. The average Bonchev–Trinajstić information content (AvgIpc) is 2.53. The highest BCUT2D eigenvalue weighted by Crippen LogP contribution is 2.35. The Morgan fingerprint density at radius 1 is 1.38 bits per heavy atom. The van der Waals surface area contributed by atoms with E-state index in [0.29, 0.717) is 18.1 Å². The average molecular weight is 290 g/mol. The van der Waals surface area contributed by atoms with Crippen LogP contribution in [0.25, 0.3) is 0 Å². The van der Waals surface area contributed by atoms with Crippen molar-refractivity contribution in [2.75, 3.05) is 33.9 Å². The minimum Gasteiger partial charge on any atom is -0.497 e. The van der Waals surface area contributed by atoms with Crippen molar-refractivity contribution in [2.24, 2.45) is 0 Å². The van der Waals surface area contributed by atoms with E-state index in [1.807, 2.05) is 0 Å². The van der Waals surface area contributed by atoms with Gasteiger partial charge in [-0.15, -0.1) is 0 Å². The Hall–Kier alpha value is -1.10. The minimum absolute atomic E-state index is 0.389. The maximum Gasteiger partial charge on any atom is 0.119 e. The summed E-state index contributed by atoms with van der Waals surface area (Å²) in [4.78, 5) is 2.62. The maximum atomic E-state index is 5.59. The van der Waals surface area contributed by atoms with Crippen LogP contribution >= 0.6 is 0 Å². The molecule has 0 radical (unpaired) electrons. The minimum atomic E-state index is 0.389. The molecule has 0 aromatic heterocycles. The molecule has 21 heavy (non-hydrogen) atoms. The van der Waals surface area contributed by atoms with Gasteiger partial charge in [-0.2, -0.15) is 0 Å². The van der Waals surface area contributed by atoms with Crippen molar-refractivity contribution in [3.05, 3.63) is 29.3 Å². The summed E-state index contributed by atoms with van der Waals surface area (Å²) in [6.07, 6.45) is 2.31. The van der Waals surface area contributed by atoms with Gasteiger partial charge in [0.25, 0.3) is 0 Å². The predicted octanol–water partition coefficient (Wildman–Crippen LogP) is 1.99. The topological polar surface area (TPSA) is 33.7 Å². The van der Waals surface area contributed by atoms with Crippen LogP contribution in [0.15, 0.2) is 18.2 Å². The number of likely N-dealkylation sites (N-methyl/N-ethyl adjacent to an activating group) is 1. The number of aryl methyl sites for hydroxylation is 1. The lowest BCUT2D eigenvalue weighted by Crippen LogP contribution is -2.54. The molecule has 4 nitrogen and oxygen atoms in total. The van der Waals surface area contributed by atoms with Crippen LogP contribution in [0.3, 0.4) is 0 Å². The first-order valence-electron chi connectivity index (χ1n) is 7.92. The third-order valence-electron chi connectivity index (χ3n) is 4.94. The summed E-state index contributed by atoms with van der Waals surface area (Å²) in [7, 11) is 3.81. The van der Waals surface area contributed by atoms with Crippen LogP contribution in [0.4, 0.5) is 0 Å². The van der Waals surface area contributed by atoms with Crippen LogP contribution in [0.1, 0.15) is 30.5 Å². The zero-order chi connectivity index (χ0) is 14.8. The van der Waals surface area contributed by atoms with E-state index < -0.39 is 0 Å². The second kappa shape index (κ2) is 6.34. The normalized spacial score (nSPS) is 30.0. The molecule has 0 bridgehead atoms. The molecule has 1 aromatic rings. The molecule has 1 aromatic carbocycles. The van der Waals surface area contributed by atoms with Gasteiger partial charge in [0.1, 0.15) is 5.75 Å². The molecule has 1 N–H and O–H groups in total. The van der Waals surface area contributed by atoms with Crippen molar-refractivity contribution in [2.45, 2.75) is 37.9 Å². The van der Waals surface area contributed by atoms with E-state index in [1.54, 1.807) is 7.11 Å².